The predicted octanol–water partition coefficient (Wildman–Crippen LogP) is 2.58. The molecule has 0 radical (unpaired) electrons. The van der Waals surface area contributed by atoms with Crippen LogP contribution < -0.4 is 4.90 Å². The van der Waals surface area contributed by atoms with Gasteiger partial charge in [0.2, 0.25) is 5.95 Å². The van der Waals surface area contributed by atoms with Crippen molar-refractivity contribution in [3.63, 3.8) is 0 Å². The van der Waals surface area contributed by atoms with Crippen LogP contribution in [-0.2, 0) is 0 Å². The van der Waals surface area contributed by atoms with E-state index >= 15 is 0 Å². The number of aromatic nitrogens is 2. The van der Waals surface area contributed by atoms with Crippen molar-refractivity contribution in [2.24, 2.45) is 0 Å². The van der Waals surface area contributed by atoms with E-state index in [-0.39, 0.29) is 5.38 Å². The largest absolute Gasteiger partial charge is 0.338 e. The quantitative estimate of drug-likeness (QED) is 0.813. The van der Waals surface area contributed by atoms with Gasteiger partial charge in [-0.1, -0.05) is 30.3 Å². The summed E-state index contributed by atoms with van der Waals surface area (Å²) >= 11 is 6.51. The van der Waals surface area contributed by atoms with Gasteiger partial charge < -0.3 is 4.90 Å². The molecule has 1 fully saturated rings. The third-order valence-electron chi connectivity index (χ3n) is 3.79. The number of anilines is 1. The second kappa shape index (κ2) is 6.87. The molecule has 2 heterocycles. The van der Waals surface area contributed by atoms with Gasteiger partial charge in [0, 0.05) is 45.1 Å². The number of alkyl halides is 1. The van der Waals surface area contributed by atoms with Crippen LogP contribution >= 0.6 is 11.6 Å². The standard InChI is InChI=1S/C16H19ClN4/c17-15(14-5-2-1-3-6-14)13-20-9-11-21(12-10-20)16-18-7-4-8-19-16/h1-8,15H,9-13H2. The fraction of sp³-hybridized carbons (Fsp3) is 0.375. The minimum atomic E-state index is 0.0470. The van der Waals surface area contributed by atoms with Gasteiger partial charge in [0.25, 0.3) is 0 Å². The maximum Gasteiger partial charge on any atom is 0.225 e. The normalized spacial score (nSPS) is 17.7. The molecule has 1 atom stereocenters. The molecule has 0 aliphatic carbocycles. The Morgan fingerprint density at radius 1 is 0.952 bits per heavy atom. The molecule has 0 bridgehead atoms. The molecule has 1 aromatic heterocycles. The van der Waals surface area contributed by atoms with Crippen molar-refractivity contribution in [2.45, 2.75) is 5.38 Å². The van der Waals surface area contributed by atoms with Gasteiger partial charge in [-0.05, 0) is 11.6 Å². The molecular weight excluding hydrogens is 284 g/mol. The average Bonchev–Trinajstić information content (AvgIpc) is 2.57. The maximum atomic E-state index is 6.51. The van der Waals surface area contributed by atoms with Crippen LogP contribution in [0.25, 0.3) is 0 Å². The lowest BCUT2D eigenvalue weighted by Gasteiger charge is -2.35. The van der Waals surface area contributed by atoms with Gasteiger partial charge >= 0.3 is 0 Å². The molecule has 4 nitrogen and oxygen atoms in total. The highest BCUT2D eigenvalue weighted by atomic mass is 35.5. The molecule has 1 aliphatic heterocycles. The molecule has 0 saturated carbocycles. The molecule has 1 aromatic carbocycles. The molecule has 3 rings (SSSR count). The maximum absolute atomic E-state index is 6.51. The van der Waals surface area contributed by atoms with E-state index in [2.05, 4.69) is 31.9 Å². The first-order chi connectivity index (χ1) is 10.3. The Balaban J connectivity index is 1.52. The number of benzene rings is 1. The fourth-order valence-electron chi connectivity index (χ4n) is 2.58. The second-order valence-electron chi connectivity index (χ2n) is 5.21. The molecule has 1 saturated heterocycles. The number of rotatable bonds is 4. The van der Waals surface area contributed by atoms with Gasteiger partial charge in [-0.3, -0.25) is 4.90 Å². The third-order valence-corrected chi connectivity index (χ3v) is 4.18. The Hall–Kier alpha value is -1.65. The first-order valence-electron chi connectivity index (χ1n) is 7.26. The summed E-state index contributed by atoms with van der Waals surface area (Å²) in [4.78, 5) is 13.2. The minimum absolute atomic E-state index is 0.0470. The summed E-state index contributed by atoms with van der Waals surface area (Å²) < 4.78 is 0. The molecule has 1 unspecified atom stereocenters. The summed E-state index contributed by atoms with van der Waals surface area (Å²) in [5.74, 6) is 0.822. The van der Waals surface area contributed by atoms with Gasteiger partial charge in [0.15, 0.2) is 0 Å². The van der Waals surface area contributed by atoms with E-state index in [1.54, 1.807) is 12.4 Å². The van der Waals surface area contributed by atoms with Gasteiger partial charge in [-0.2, -0.15) is 0 Å². The molecule has 110 valence electrons. The molecule has 5 heteroatoms. The van der Waals surface area contributed by atoms with Gasteiger partial charge in [0.05, 0.1) is 5.38 Å². The average molecular weight is 303 g/mol. The summed E-state index contributed by atoms with van der Waals surface area (Å²) in [6, 6.07) is 12.1. The number of halogens is 1. The topological polar surface area (TPSA) is 32.3 Å². The summed E-state index contributed by atoms with van der Waals surface area (Å²) in [7, 11) is 0. The first kappa shape index (κ1) is 14.3. The zero-order chi connectivity index (χ0) is 14.5. The lowest BCUT2D eigenvalue weighted by atomic mass is 10.1. The Bertz CT molecular complexity index is 541. The minimum Gasteiger partial charge on any atom is -0.338 e. The van der Waals surface area contributed by atoms with E-state index in [4.69, 9.17) is 11.6 Å². The Morgan fingerprint density at radius 2 is 1.62 bits per heavy atom. The van der Waals surface area contributed by atoms with Gasteiger partial charge in [0.1, 0.15) is 0 Å². The van der Waals surface area contributed by atoms with E-state index in [1.807, 2.05) is 24.3 Å². The van der Waals surface area contributed by atoms with Crippen LogP contribution in [0, 0.1) is 0 Å². The van der Waals surface area contributed by atoms with Crippen molar-refractivity contribution >= 4 is 17.5 Å². The molecule has 0 N–H and O–H groups in total. The van der Waals surface area contributed by atoms with E-state index in [0.717, 1.165) is 38.7 Å². The summed E-state index contributed by atoms with van der Waals surface area (Å²) in [5.41, 5.74) is 1.19. The lowest BCUT2D eigenvalue weighted by Crippen LogP contribution is -2.47. The first-order valence-corrected chi connectivity index (χ1v) is 7.70. The van der Waals surface area contributed by atoms with Crippen LogP contribution in [0.5, 0.6) is 0 Å². The van der Waals surface area contributed by atoms with Crippen molar-refractivity contribution in [1.82, 2.24) is 14.9 Å². The van der Waals surface area contributed by atoms with Crippen LogP contribution in [0.3, 0.4) is 0 Å². The van der Waals surface area contributed by atoms with Crippen molar-refractivity contribution < 1.29 is 0 Å². The Labute approximate surface area is 130 Å². The number of hydrogen-bond donors (Lipinski definition) is 0. The van der Waals surface area contributed by atoms with E-state index in [1.165, 1.54) is 5.56 Å². The van der Waals surface area contributed by atoms with E-state index < -0.39 is 0 Å². The SMILES string of the molecule is ClC(CN1CCN(c2ncccn2)CC1)c1ccccc1. The summed E-state index contributed by atoms with van der Waals surface area (Å²) in [6.07, 6.45) is 3.58. The second-order valence-corrected chi connectivity index (χ2v) is 5.74. The zero-order valence-electron chi connectivity index (χ0n) is 11.9. The molecule has 0 amide bonds. The molecular formula is C16H19ClN4. The van der Waals surface area contributed by atoms with Crippen LogP contribution in [0.15, 0.2) is 48.8 Å². The molecule has 21 heavy (non-hydrogen) atoms. The highest BCUT2D eigenvalue weighted by Crippen LogP contribution is 2.22. The van der Waals surface area contributed by atoms with E-state index in [0.29, 0.717) is 0 Å². The monoisotopic (exact) mass is 302 g/mol. The van der Waals surface area contributed by atoms with E-state index in [9.17, 15) is 0 Å². The van der Waals surface area contributed by atoms with Crippen LogP contribution in [0.4, 0.5) is 5.95 Å². The highest BCUT2D eigenvalue weighted by molar-refractivity contribution is 6.21. The smallest absolute Gasteiger partial charge is 0.225 e. The van der Waals surface area contributed by atoms with Crippen molar-refractivity contribution in [1.29, 1.82) is 0 Å². The Morgan fingerprint density at radius 3 is 2.29 bits per heavy atom. The Kier molecular flexibility index (Phi) is 4.68. The number of piperazine rings is 1. The molecule has 0 spiro atoms. The fourth-order valence-corrected chi connectivity index (χ4v) is 2.92. The van der Waals surface area contributed by atoms with Crippen molar-refractivity contribution in [3.8, 4) is 0 Å². The van der Waals surface area contributed by atoms with Crippen LogP contribution in [0.1, 0.15) is 10.9 Å². The summed E-state index contributed by atoms with van der Waals surface area (Å²) in [5, 5.41) is 0.0470. The zero-order valence-corrected chi connectivity index (χ0v) is 12.7. The van der Waals surface area contributed by atoms with Crippen LogP contribution in [0.2, 0.25) is 0 Å². The predicted molar refractivity (Wildman–Crippen MR) is 85.7 cm³/mol. The molecule has 1 aliphatic rings. The van der Waals surface area contributed by atoms with Gasteiger partial charge in [-0.15, -0.1) is 11.6 Å². The third kappa shape index (κ3) is 3.71. The van der Waals surface area contributed by atoms with Crippen LogP contribution in [-0.4, -0.2) is 47.6 Å². The van der Waals surface area contributed by atoms with Gasteiger partial charge in [-0.25, -0.2) is 9.97 Å². The lowest BCUT2D eigenvalue weighted by molar-refractivity contribution is 0.257. The number of nitrogens with zero attached hydrogens (tertiary/aromatic N) is 4. The van der Waals surface area contributed by atoms with Crippen molar-refractivity contribution in [3.05, 3.63) is 54.4 Å². The van der Waals surface area contributed by atoms with Crippen molar-refractivity contribution in [2.75, 3.05) is 37.6 Å². The number of hydrogen-bond acceptors (Lipinski definition) is 4. The molecule has 2 aromatic rings. The highest BCUT2D eigenvalue weighted by Gasteiger charge is 2.21. The summed E-state index contributed by atoms with van der Waals surface area (Å²) in [6.45, 7) is 4.77.